The number of ether oxygens (including phenoxy) is 1. The van der Waals surface area contributed by atoms with Crippen LogP contribution in [0.4, 0.5) is 5.69 Å². The summed E-state index contributed by atoms with van der Waals surface area (Å²) in [6.45, 7) is 1.08. The van der Waals surface area contributed by atoms with Crippen molar-refractivity contribution in [3.63, 3.8) is 0 Å². The highest BCUT2D eigenvalue weighted by Crippen LogP contribution is 2.24. The molecule has 0 spiro atoms. The van der Waals surface area contributed by atoms with Crippen molar-refractivity contribution in [2.45, 2.75) is 38.8 Å². The second-order valence-corrected chi connectivity index (χ2v) is 7.08. The first-order valence-corrected chi connectivity index (χ1v) is 9.36. The first-order valence-electron chi connectivity index (χ1n) is 9.36. The summed E-state index contributed by atoms with van der Waals surface area (Å²) in [7, 11) is 5.48. The summed E-state index contributed by atoms with van der Waals surface area (Å²) in [6, 6.07) is 9.48. The van der Waals surface area contributed by atoms with Crippen molar-refractivity contribution in [2.24, 2.45) is 0 Å². The minimum absolute atomic E-state index is 0.0976. The van der Waals surface area contributed by atoms with Crippen molar-refractivity contribution in [1.29, 1.82) is 0 Å². The van der Waals surface area contributed by atoms with Crippen LogP contribution in [0.2, 0.25) is 0 Å². The van der Waals surface area contributed by atoms with Crippen LogP contribution in [0.15, 0.2) is 35.1 Å². The molecule has 0 aliphatic carbocycles. The molecule has 27 heavy (non-hydrogen) atoms. The van der Waals surface area contributed by atoms with Gasteiger partial charge in [0.1, 0.15) is 11.3 Å². The quantitative estimate of drug-likeness (QED) is 0.880. The Labute approximate surface area is 159 Å². The molecule has 1 aliphatic rings. The van der Waals surface area contributed by atoms with Crippen LogP contribution in [0.1, 0.15) is 40.9 Å². The lowest BCUT2D eigenvalue weighted by Crippen LogP contribution is -2.30. The van der Waals surface area contributed by atoms with Gasteiger partial charge in [0.15, 0.2) is 0 Å². The third-order valence-corrected chi connectivity index (χ3v) is 5.03. The lowest BCUT2D eigenvalue weighted by molar-refractivity contribution is 0.0945. The number of pyridine rings is 1. The molecule has 0 saturated heterocycles. The van der Waals surface area contributed by atoms with Gasteiger partial charge in [0, 0.05) is 44.6 Å². The number of hydrogen-bond acceptors (Lipinski definition) is 4. The SMILES string of the molecule is COc1cc(=O)n2c(c1C(=O)NCc1ccc(N(C)C)cc1)CCCCC2. The Morgan fingerprint density at radius 3 is 2.59 bits per heavy atom. The molecule has 0 fully saturated rings. The van der Waals surface area contributed by atoms with E-state index in [1.54, 1.807) is 4.57 Å². The predicted molar refractivity (Wildman–Crippen MR) is 107 cm³/mol. The van der Waals surface area contributed by atoms with E-state index in [9.17, 15) is 9.59 Å². The number of carbonyl (C=O) groups is 1. The van der Waals surface area contributed by atoms with Crippen molar-refractivity contribution in [3.05, 3.63) is 57.5 Å². The molecule has 0 atom stereocenters. The average molecular weight is 369 g/mol. The van der Waals surface area contributed by atoms with Crippen molar-refractivity contribution >= 4 is 11.6 Å². The third-order valence-electron chi connectivity index (χ3n) is 5.03. The number of nitrogens with zero attached hydrogens (tertiary/aromatic N) is 2. The van der Waals surface area contributed by atoms with E-state index in [1.165, 1.54) is 13.2 Å². The first-order chi connectivity index (χ1) is 13.0. The van der Waals surface area contributed by atoms with E-state index in [0.29, 0.717) is 30.8 Å². The molecule has 0 saturated carbocycles. The molecular weight excluding hydrogens is 342 g/mol. The van der Waals surface area contributed by atoms with Gasteiger partial charge in [-0.15, -0.1) is 0 Å². The Kier molecular flexibility index (Phi) is 5.84. The summed E-state index contributed by atoms with van der Waals surface area (Å²) in [6.07, 6.45) is 3.70. The predicted octanol–water partition coefficient (Wildman–Crippen LogP) is 2.58. The molecule has 2 aromatic rings. The van der Waals surface area contributed by atoms with Crippen LogP contribution in [0.25, 0.3) is 0 Å². The molecule has 1 amide bonds. The maximum Gasteiger partial charge on any atom is 0.257 e. The fraction of sp³-hybridized carbons (Fsp3) is 0.429. The molecular formula is C21H27N3O3. The van der Waals surface area contributed by atoms with E-state index in [2.05, 4.69) is 5.32 Å². The van der Waals surface area contributed by atoms with Gasteiger partial charge in [-0.25, -0.2) is 0 Å². The molecule has 6 heteroatoms. The zero-order chi connectivity index (χ0) is 19.4. The molecule has 3 rings (SSSR count). The molecule has 1 aromatic heterocycles. The number of fused-ring (bicyclic) bond motifs is 1. The highest BCUT2D eigenvalue weighted by atomic mass is 16.5. The normalized spacial score (nSPS) is 13.4. The van der Waals surface area contributed by atoms with Crippen LogP contribution in [0, 0.1) is 0 Å². The minimum Gasteiger partial charge on any atom is -0.496 e. The second kappa shape index (κ2) is 8.29. The van der Waals surface area contributed by atoms with Gasteiger partial charge in [-0.1, -0.05) is 18.6 Å². The fourth-order valence-corrected chi connectivity index (χ4v) is 3.50. The maximum atomic E-state index is 13.0. The van der Waals surface area contributed by atoms with E-state index in [1.807, 2.05) is 43.3 Å². The van der Waals surface area contributed by atoms with Crippen LogP contribution < -0.4 is 20.5 Å². The summed E-state index contributed by atoms with van der Waals surface area (Å²) in [5.74, 6) is 0.155. The Balaban J connectivity index is 1.84. The molecule has 1 N–H and O–H groups in total. The number of rotatable bonds is 5. The van der Waals surface area contributed by atoms with Gasteiger partial charge in [0.25, 0.3) is 11.5 Å². The van der Waals surface area contributed by atoms with Gasteiger partial charge in [-0.2, -0.15) is 0 Å². The lowest BCUT2D eigenvalue weighted by Gasteiger charge is -2.18. The number of carbonyl (C=O) groups excluding carboxylic acids is 1. The number of hydrogen-bond donors (Lipinski definition) is 1. The van der Waals surface area contributed by atoms with Gasteiger partial charge >= 0.3 is 0 Å². The van der Waals surface area contributed by atoms with Gasteiger partial charge < -0.3 is 19.5 Å². The largest absolute Gasteiger partial charge is 0.496 e. The molecule has 6 nitrogen and oxygen atoms in total. The fourth-order valence-electron chi connectivity index (χ4n) is 3.50. The van der Waals surface area contributed by atoms with Crippen LogP contribution in [0.3, 0.4) is 0 Å². The highest BCUT2D eigenvalue weighted by molar-refractivity contribution is 5.98. The summed E-state index contributed by atoms with van der Waals surface area (Å²) >= 11 is 0. The zero-order valence-corrected chi connectivity index (χ0v) is 16.2. The smallest absolute Gasteiger partial charge is 0.257 e. The zero-order valence-electron chi connectivity index (χ0n) is 16.2. The monoisotopic (exact) mass is 369 g/mol. The molecule has 0 bridgehead atoms. The number of benzene rings is 1. The van der Waals surface area contributed by atoms with Gasteiger partial charge in [0.05, 0.1) is 7.11 Å². The minimum atomic E-state index is -0.200. The van der Waals surface area contributed by atoms with Crippen LogP contribution in [-0.4, -0.2) is 31.7 Å². The third kappa shape index (κ3) is 4.15. The summed E-state index contributed by atoms with van der Waals surface area (Å²) in [4.78, 5) is 27.4. The topological polar surface area (TPSA) is 63.6 Å². The molecule has 0 unspecified atom stereocenters. The van der Waals surface area contributed by atoms with E-state index in [4.69, 9.17) is 4.74 Å². The molecule has 1 aliphatic heterocycles. The standard InChI is InChI=1S/C21H27N3O3/c1-23(2)16-10-8-15(9-11-16)14-22-21(26)20-17-7-5-4-6-12-24(17)19(25)13-18(20)27-3/h8-11,13H,4-7,12,14H2,1-3H3,(H,22,26). The van der Waals surface area contributed by atoms with Crippen LogP contribution >= 0.6 is 0 Å². The van der Waals surface area contributed by atoms with E-state index >= 15 is 0 Å². The lowest BCUT2D eigenvalue weighted by atomic mass is 10.1. The summed E-state index contributed by atoms with van der Waals surface area (Å²) in [5, 5.41) is 2.98. The Morgan fingerprint density at radius 1 is 1.19 bits per heavy atom. The molecule has 1 aromatic carbocycles. The van der Waals surface area contributed by atoms with Crippen molar-refractivity contribution < 1.29 is 9.53 Å². The first kappa shape index (κ1) is 19.0. The number of methoxy groups -OCH3 is 1. The second-order valence-electron chi connectivity index (χ2n) is 7.08. The number of anilines is 1. The molecule has 0 radical (unpaired) electrons. The maximum absolute atomic E-state index is 13.0. The van der Waals surface area contributed by atoms with Crippen molar-refractivity contribution in [3.8, 4) is 5.75 Å². The average Bonchev–Trinajstić information content (AvgIpc) is 2.92. The van der Waals surface area contributed by atoms with E-state index in [0.717, 1.165) is 36.2 Å². The van der Waals surface area contributed by atoms with E-state index in [-0.39, 0.29) is 11.5 Å². The Morgan fingerprint density at radius 2 is 1.93 bits per heavy atom. The van der Waals surface area contributed by atoms with Gasteiger partial charge in [-0.3, -0.25) is 9.59 Å². The van der Waals surface area contributed by atoms with Crippen molar-refractivity contribution in [1.82, 2.24) is 9.88 Å². The number of amides is 1. The van der Waals surface area contributed by atoms with Crippen molar-refractivity contribution in [2.75, 3.05) is 26.1 Å². The van der Waals surface area contributed by atoms with Crippen LogP contribution in [-0.2, 0) is 19.5 Å². The number of nitrogens with one attached hydrogen (secondary N) is 1. The summed E-state index contributed by atoms with van der Waals surface area (Å²) in [5.41, 5.74) is 3.31. The van der Waals surface area contributed by atoms with Crippen LogP contribution in [0.5, 0.6) is 5.75 Å². The molecule has 144 valence electrons. The highest BCUT2D eigenvalue weighted by Gasteiger charge is 2.23. The Hall–Kier alpha value is -2.76. The summed E-state index contributed by atoms with van der Waals surface area (Å²) < 4.78 is 7.10. The Bertz CT molecular complexity index is 869. The number of aromatic nitrogens is 1. The van der Waals surface area contributed by atoms with Gasteiger partial charge in [0.2, 0.25) is 0 Å². The van der Waals surface area contributed by atoms with Gasteiger partial charge in [-0.05, 0) is 37.0 Å². The van der Waals surface area contributed by atoms with E-state index < -0.39 is 0 Å². The molecule has 2 heterocycles.